The van der Waals surface area contributed by atoms with Crippen molar-refractivity contribution in [1.29, 1.82) is 0 Å². The van der Waals surface area contributed by atoms with Crippen LogP contribution in [0.15, 0.2) is 0 Å². The zero-order valence-electron chi connectivity index (χ0n) is 10.7. The molecule has 3 heteroatoms. The summed E-state index contributed by atoms with van der Waals surface area (Å²) in [5.41, 5.74) is 0.446. The summed E-state index contributed by atoms with van der Waals surface area (Å²) in [7, 11) is 0. The van der Waals surface area contributed by atoms with Gasteiger partial charge in [0, 0.05) is 26.1 Å². The molecule has 0 atom stereocenters. The van der Waals surface area contributed by atoms with E-state index in [0.29, 0.717) is 11.8 Å². The number of amides is 1. The highest BCUT2D eigenvalue weighted by molar-refractivity contribution is 5.76. The molecule has 94 valence electrons. The molecule has 0 aromatic heterocycles. The van der Waals surface area contributed by atoms with Crippen LogP contribution in [-0.4, -0.2) is 35.6 Å². The number of likely N-dealkylation sites (tertiary alicyclic amines) is 1. The lowest BCUT2D eigenvalue weighted by Gasteiger charge is -2.39. The molecule has 1 fully saturated rings. The summed E-state index contributed by atoms with van der Waals surface area (Å²) >= 11 is 0. The lowest BCUT2D eigenvalue weighted by atomic mass is 9.78. The largest absolute Gasteiger partial charge is 0.396 e. The number of carbonyl (C=O) groups excluding carboxylic acids is 1. The number of aliphatic hydroxyl groups is 1. The summed E-state index contributed by atoms with van der Waals surface area (Å²) in [6.07, 6.45) is 5.64. The maximum absolute atomic E-state index is 11.8. The smallest absolute Gasteiger partial charge is 0.222 e. The molecule has 1 aliphatic heterocycles. The van der Waals surface area contributed by atoms with Crippen LogP contribution in [0.4, 0.5) is 0 Å². The predicted octanol–water partition coefficient (Wildman–Crippen LogP) is 2.19. The highest BCUT2D eigenvalue weighted by Crippen LogP contribution is 2.34. The van der Waals surface area contributed by atoms with E-state index < -0.39 is 0 Å². The minimum absolute atomic E-state index is 0.196. The Labute approximate surface area is 98.8 Å². The van der Waals surface area contributed by atoms with Gasteiger partial charge in [-0.25, -0.2) is 0 Å². The first-order chi connectivity index (χ1) is 7.61. The van der Waals surface area contributed by atoms with Gasteiger partial charge in [-0.2, -0.15) is 0 Å². The molecule has 1 rings (SSSR count). The second kappa shape index (κ2) is 6.24. The molecule has 0 saturated carbocycles. The van der Waals surface area contributed by atoms with E-state index in [1.165, 1.54) is 6.42 Å². The highest BCUT2D eigenvalue weighted by atomic mass is 16.3. The van der Waals surface area contributed by atoms with E-state index in [4.69, 9.17) is 5.11 Å². The van der Waals surface area contributed by atoms with Crippen LogP contribution >= 0.6 is 0 Å². The Hall–Kier alpha value is -0.570. The van der Waals surface area contributed by atoms with Crippen molar-refractivity contribution in [3.8, 4) is 0 Å². The van der Waals surface area contributed by atoms with Gasteiger partial charge in [0.15, 0.2) is 0 Å². The van der Waals surface area contributed by atoms with Crippen LogP contribution in [0.25, 0.3) is 0 Å². The third-order valence-electron chi connectivity index (χ3n) is 3.98. The summed E-state index contributed by atoms with van der Waals surface area (Å²) in [6.45, 7) is 6.59. The van der Waals surface area contributed by atoms with Crippen molar-refractivity contribution in [1.82, 2.24) is 4.90 Å². The maximum Gasteiger partial charge on any atom is 0.222 e. The van der Waals surface area contributed by atoms with Crippen molar-refractivity contribution < 1.29 is 9.90 Å². The fraction of sp³-hybridized carbons (Fsp3) is 0.923. The summed E-state index contributed by atoms with van der Waals surface area (Å²) in [4.78, 5) is 13.8. The van der Waals surface area contributed by atoms with E-state index >= 15 is 0 Å². The number of carbonyl (C=O) groups is 1. The minimum atomic E-state index is 0.196. The number of piperidine rings is 1. The molecule has 0 bridgehead atoms. The van der Waals surface area contributed by atoms with Crippen molar-refractivity contribution in [2.75, 3.05) is 19.7 Å². The van der Waals surface area contributed by atoms with E-state index in [-0.39, 0.29) is 12.5 Å². The van der Waals surface area contributed by atoms with Crippen LogP contribution < -0.4 is 0 Å². The lowest BCUT2D eigenvalue weighted by molar-refractivity contribution is -0.133. The molecular formula is C13H25NO2. The molecule has 1 saturated heterocycles. The van der Waals surface area contributed by atoms with Crippen LogP contribution in [0, 0.1) is 5.41 Å². The molecule has 0 aromatic carbocycles. The van der Waals surface area contributed by atoms with Gasteiger partial charge in [-0.05, 0) is 31.1 Å². The average Bonchev–Trinajstić information content (AvgIpc) is 2.30. The Morgan fingerprint density at radius 2 is 1.94 bits per heavy atom. The Bertz CT molecular complexity index is 220. The monoisotopic (exact) mass is 227 g/mol. The number of nitrogens with zero attached hydrogens (tertiary/aromatic N) is 1. The van der Waals surface area contributed by atoms with Gasteiger partial charge in [0.1, 0.15) is 0 Å². The van der Waals surface area contributed by atoms with Crippen LogP contribution in [0.2, 0.25) is 0 Å². The fourth-order valence-corrected chi connectivity index (χ4v) is 2.20. The van der Waals surface area contributed by atoms with Gasteiger partial charge < -0.3 is 10.0 Å². The van der Waals surface area contributed by atoms with Gasteiger partial charge in [0.05, 0.1) is 0 Å². The molecule has 0 aliphatic carbocycles. The Balaban J connectivity index is 2.27. The number of unbranched alkanes of at least 4 members (excludes halogenated alkanes) is 1. The molecule has 1 heterocycles. The molecule has 16 heavy (non-hydrogen) atoms. The van der Waals surface area contributed by atoms with Gasteiger partial charge in [-0.1, -0.05) is 20.3 Å². The third kappa shape index (κ3) is 3.78. The standard InChI is InChI=1S/C13H25NO2/c1-3-13(2)7-9-14(10-8-13)12(16)6-4-5-11-15/h15H,3-11H2,1-2H3. The van der Waals surface area contributed by atoms with E-state index in [9.17, 15) is 4.79 Å². The summed E-state index contributed by atoms with van der Waals surface area (Å²) in [5.74, 6) is 0.270. The first-order valence-electron chi connectivity index (χ1n) is 6.50. The first-order valence-corrected chi connectivity index (χ1v) is 6.50. The van der Waals surface area contributed by atoms with E-state index in [1.54, 1.807) is 0 Å². The van der Waals surface area contributed by atoms with E-state index in [2.05, 4.69) is 13.8 Å². The van der Waals surface area contributed by atoms with Crippen LogP contribution in [-0.2, 0) is 4.79 Å². The van der Waals surface area contributed by atoms with Crippen molar-refractivity contribution >= 4 is 5.91 Å². The van der Waals surface area contributed by atoms with Gasteiger partial charge >= 0.3 is 0 Å². The molecular weight excluding hydrogens is 202 g/mol. The molecule has 0 aromatic rings. The van der Waals surface area contributed by atoms with E-state index in [0.717, 1.165) is 38.8 Å². The van der Waals surface area contributed by atoms with Gasteiger partial charge in [-0.15, -0.1) is 0 Å². The van der Waals surface area contributed by atoms with Gasteiger partial charge in [0.25, 0.3) is 0 Å². The Morgan fingerprint density at radius 3 is 2.44 bits per heavy atom. The zero-order valence-corrected chi connectivity index (χ0v) is 10.7. The molecule has 1 N–H and O–H groups in total. The molecule has 3 nitrogen and oxygen atoms in total. The van der Waals surface area contributed by atoms with E-state index in [1.807, 2.05) is 4.90 Å². The van der Waals surface area contributed by atoms with Crippen LogP contribution in [0.5, 0.6) is 0 Å². The molecule has 1 amide bonds. The summed E-state index contributed by atoms with van der Waals surface area (Å²) in [6, 6.07) is 0. The SMILES string of the molecule is CCC1(C)CCN(C(=O)CCCCO)CC1. The topological polar surface area (TPSA) is 40.5 Å². The fourth-order valence-electron chi connectivity index (χ4n) is 2.20. The minimum Gasteiger partial charge on any atom is -0.396 e. The highest BCUT2D eigenvalue weighted by Gasteiger charge is 2.29. The molecule has 0 unspecified atom stereocenters. The Kier molecular flexibility index (Phi) is 5.26. The number of hydrogen-bond donors (Lipinski definition) is 1. The van der Waals surface area contributed by atoms with Crippen LogP contribution in [0.1, 0.15) is 52.4 Å². The summed E-state index contributed by atoms with van der Waals surface area (Å²) < 4.78 is 0. The van der Waals surface area contributed by atoms with Gasteiger partial charge in [-0.3, -0.25) is 4.79 Å². The Morgan fingerprint density at radius 1 is 1.31 bits per heavy atom. The summed E-state index contributed by atoms with van der Waals surface area (Å²) in [5, 5.41) is 8.67. The maximum atomic E-state index is 11.8. The zero-order chi connectivity index (χ0) is 12.0. The number of rotatable bonds is 5. The first kappa shape index (κ1) is 13.5. The number of aliphatic hydroxyl groups excluding tert-OH is 1. The quantitative estimate of drug-likeness (QED) is 0.731. The second-order valence-electron chi connectivity index (χ2n) is 5.23. The third-order valence-corrected chi connectivity index (χ3v) is 3.98. The normalized spacial score (nSPS) is 19.8. The van der Waals surface area contributed by atoms with Crippen molar-refractivity contribution in [3.05, 3.63) is 0 Å². The second-order valence-corrected chi connectivity index (χ2v) is 5.23. The molecule has 0 spiro atoms. The van der Waals surface area contributed by atoms with Crippen molar-refractivity contribution in [2.24, 2.45) is 5.41 Å². The lowest BCUT2D eigenvalue weighted by Crippen LogP contribution is -2.41. The van der Waals surface area contributed by atoms with Crippen LogP contribution in [0.3, 0.4) is 0 Å². The van der Waals surface area contributed by atoms with Gasteiger partial charge in [0.2, 0.25) is 5.91 Å². The molecule has 1 aliphatic rings. The number of hydrogen-bond acceptors (Lipinski definition) is 2. The average molecular weight is 227 g/mol. The predicted molar refractivity (Wildman–Crippen MR) is 65.1 cm³/mol. The van der Waals surface area contributed by atoms with Crippen molar-refractivity contribution in [2.45, 2.75) is 52.4 Å². The molecule has 0 radical (unpaired) electrons. The van der Waals surface area contributed by atoms with Crippen molar-refractivity contribution in [3.63, 3.8) is 0 Å².